The van der Waals surface area contributed by atoms with Crippen molar-refractivity contribution in [1.82, 2.24) is 5.32 Å². The zero-order valence-corrected chi connectivity index (χ0v) is 36.5. The van der Waals surface area contributed by atoms with E-state index in [-0.39, 0.29) is 36.6 Å². The van der Waals surface area contributed by atoms with Gasteiger partial charge in [-0.3, -0.25) is 18.5 Å². The Hall–Kier alpha value is -4.17. The summed E-state index contributed by atoms with van der Waals surface area (Å²) in [6.45, 7) is 11.1. The summed E-state index contributed by atoms with van der Waals surface area (Å²) < 4.78 is 107. The van der Waals surface area contributed by atoms with E-state index in [9.17, 15) is 43.7 Å². The lowest BCUT2D eigenvalue weighted by Crippen LogP contribution is -2.35. The molecule has 0 saturated carbocycles. The van der Waals surface area contributed by atoms with Crippen molar-refractivity contribution >= 4 is 53.9 Å². The molecule has 2 aromatic rings. The van der Waals surface area contributed by atoms with E-state index < -0.39 is 53.2 Å². The van der Waals surface area contributed by atoms with Gasteiger partial charge in [-0.2, -0.15) is 29.8 Å². The lowest BCUT2D eigenvalue weighted by atomic mass is 9.81. The first-order valence-electron chi connectivity index (χ1n) is 19.4. The molecule has 1 aliphatic carbocycles. The number of carbonyl (C=O) groups is 1. The minimum absolute atomic E-state index is 0.0687. The zero-order valence-electron chi connectivity index (χ0n) is 34.0. The Morgan fingerprint density at radius 1 is 0.898 bits per heavy atom. The summed E-state index contributed by atoms with van der Waals surface area (Å²) in [7, 11) is -12.9. The van der Waals surface area contributed by atoms with Crippen LogP contribution in [-0.4, -0.2) is 93.0 Å². The van der Waals surface area contributed by atoms with Crippen molar-refractivity contribution in [3.05, 3.63) is 99.9 Å². The first-order valence-corrected chi connectivity index (χ1v) is 24.1. The molecule has 0 radical (unpaired) electrons. The van der Waals surface area contributed by atoms with E-state index in [1.165, 1.54) is 12.1 Å². The Labute approximate surface area is 347 Å². The van der Waals surface area contributed by atoms with Crippen molar-refractivity contribution in [3.63, 3.8) is 0 Å². The number of hydrogen-bond acceptors (Lipinski definition) is 11. The van der Waals surface area contributed by atoms with Crippen molar-refractivity contribution in [1.29, 1.82) is 0 Å². The summed E-state index contributed by atoms with van der Waals surface area (Å²) in [4.78, 5) is 13.4. The maximum atomic E-state index is 12.1. The number of nitrogens with zero attached hydrogens (tertiary/aromatic N) is 2. The molecule has 0 amide bonds. The highest BCUT2D eigenvalue weighted by Gasteiger charge is 2.45. The molecule has 1 unspecified atom stereocenters. The number of nitrogens with two attached hydrogens (primary N) is 1. The van der Waals surface area contributed by atoms with Crippen LogP contribution < -0.4 is 16.0 Å². The van der Waals surface area contributed by atoms with E-state index in [0.717, 1.165) is 40.1 Å². The molecule has 322 valence electrons. The van der Waals surface area contributed by atoms with Gasteiger partial charge < -0.3 is 20.7 Å². The summed E-state index contributed by atoms with van der Waals surface area (Å²) in [6.07, 6.45) is 9.73. The fraction of sp³-hybridized carbons (Fsp3) is 0.463. The number of fused-ring (bicyclic) bond motifs is 2. The molecule has 5 rings (SSSR count). The fourth-order valence-electron chi connectivity index (χ4n) is 8.25. The van der Waals surface area contributed by atoms with Crippen LogP contribution in [0, 0.1) is 6.92 Å². The number of nitrogens with one attached hydrogen (secondary N) is 1. The molecule has 18 heteroatoms. The number of aryl methyl sites for hydroxylation is 1. The number of carbonyl (C=O) groups excluding carboxylic acids is 1. The SMILES string of the molecule is Cc1ccc2c(c1)C(C)(C)/C(=C/C=C1\CCCC(/C=C/C3=[N+](CCCS(=O)(=O)O)c4ccc(S(=O)(=O)O)cc4C3(C)C)=C1NC(CCN)OC=O)N2CCCS(=O)(=O)O. The van der Waals surface area contributed by atoms with E-state index in [1.807, 2.05) is 61.8 Å². The van der Waals surface area contributed by atoms with Crippen molar-refractivity contribution in [2.24, 2.45) is 5.73 Å². The van der Waals surface area contributed by atoms with Gasteiger partial charge in [0.25, 0.3) is 36.8 Å². The maximum absolute atomic E-state index is 12.1. The van der Waals surface area contributed by atoms with Crippen molar-refractivity contribution in [3.8, 4) is 0 Å². The Kier molecular flexibility index (Phi) is 13.9. The van der Waals surface area contributed by atoms with E-state index in [1.54, 1.807) is 6.07 Å². The highest BCUT2D eigenvalue weighted by atomic mass is 32.2. The van der Waals surface area contributed by atoms with E-state index in [4.69, 9.17) is 10.5 Å². The molecule has 3 aliphatic rings. The number of rotatable bonds is 18. The van der Waals surface area contributed by atoms with Crippen LogP contribution in [0.2, 0.25) is 0 Å². The largest absolute Gasteiger partial charge is 0.444 e. The quantitative estimate of drug-likeness (QED) is 0.0560. The normalized spacial score (nSPS) is 19.8. The molecular weight excluding hydrogens is 821 g/mol. The molecule has 2 aromatic carbocycles. The first-order chi connectivity index (χ1) is 27.5. The average molecular weight is 876 g/mol. The molecule has 0 aromatic heterocycles. The highest BCUT2D eigenvalue weighted by Crippen LogP contribution is 2.48. The smallest absolute Gasteiger partial charge is 0.295 e. The topological polar surface area (TPSA) is 234 Å². The van der Waals surface area contributed by atoms with Gasteiger partial charge >= 0.3 is 0 Å². The maximum Gasteiger partial charge on any atom is 0.295 e. The predicted octanol–water partition coefficient (Wildman–Crippen LogP) is 5.21. The summed E-state index contributed by atoms with van der Waals surface area (Å²) >= 11 is 0. The van der Waals surface area contributed by atoms with Gasteiger partial charge in [0, 0.05) is 59.6 Å². The first kappa shape index (κ1) is 45.9. The molecule has 0 saturated heterocycles. The Morgan fingerprint density at radius 3 is 2.24 bits per heavy atom. The van der Waals surface area contributed by atoms with Gasteiger partial charge in [0.05, 0.1) is 21.8 Å². The van der Waals surface area contributed by atoms with Crippen LogP contribution in [0.25, 0.3) is 0 Å². The second-order valence-corrected chi connectivity index (χ2v) is 20.7. The molecular formula is C41H55N4O11S3+. The molecule has 59 heavy (non-hydrogen) atoms. The third kappa shape index (κ3) is 10.8. The molecule has 2 heterocycles. The van der Waals surface area contributed by atoms with E-state index >= 15 is 0 Å². The van der Waals surface area contributed by atoms with E-state index in [2.05, 4.69) is 30.1 Å². The average Bonchev–Trinajstić information content (AvgIpc) is 3.46. The van der Waals surface area contributed by atoms with Gasteiger partial charge in [-0.1, -0.05) is 43.7 Å². The zero-order chi connectivity index (χ0) is 43.6. The van der Waals surface area contributed by atoms with Crippen molar-refractivity contribution in [2.75, 3.05) is 36.0 Å². The van der Waals surface area contributed by atoms with Crippen LogP contribution in [0.15, 0.2) is 88.1 Å². The molecule has 0 bridgehead atoms. The number of ether oxygens (including phenoxy) is 1. The number of hydrogen-bond donors (Lipinski definition) is 5. The molecule has 0 fully saturated rings. The van der Waals surface area contributed by atoms with Gasteiger partial charge in [-0.25, -0.2) is 0 Å². The van der Waals surface area contributed by atoms with E-state index in [0.29, 0.717) is 54.9 Å². The van der Waals surface area contributed by atoms with Crippen LogP contribution in [0.5, 0.6) is 0 Å². The number of anilines is 1. The van der Waals surface area contributed by atoms with Crippen LogP contribution in [0.1, 0.15) is 82.9 Å². The molecule has 6 N–H and O–H groups in total. The second kappa shape index (κ2) is 17.8. The lowest BCUT2D eigenvalue weighted by Gasteiger charge is -2.29. The Balaban J connectivity index is 1.64. The molecule has 1 atom stereocenters. The summed E-state index contributed by atoms with van der Waals surface area (Å²) in [5.74, 6) is -0.868. The van der Waals surface area contributed by atoms with Gasteiger partial charge in [0.15, 0.2) is 11.9 Å². The third-order valence-corrected chi connectivity index (χ3v) is 13.6. The van der Waals surface area contributed by atoms with Crippen LogP contribution in [0.3, 0.4) is 0 Å². The second-order valence-electron chi connectivity index (χ2n) is 16.2. The Morgan fingerprint density at radius 2 is 1.59 bits per heavy atom. The van der Waals surface area contributed by atoms with Crippen LogP contribution in [0.4, 0.5) is 11.4 Å². The van der Waals surface area contributed by atoms with Gasteiger partial charge in [0.1, 0.15) is 6.54 Å². The number of allylic oxidation sites excluding steroid dienone is 7. The van der Waals surface area contributed by atoms with Crippen molar-refractivity contribution < 1.29 is 53.0 Å². The van der Waals surface area contributed by atoms with Crippen molar-refractivity contribution in [2.45, 2.75) is 95.1 Å². The highest BCUT2D eigenvalue weighted by molar-refractivity contribution is 7.86. The van der Waals surface area contributed by atoms with Gasteiger partial charge in [-0.05, 0) is 94.0 Å². The van der Waals surface area contributed by atoms with Gasteiger partial charge in [-0.15, -0.1) is 0 Å². The predicted molar refractivity (Wildman–Crippen MR) is 227 cm³/mol. The summed E-state index contributed by atoms with van der Waals surface area (Å²) in [5, 5.41) is 3.42. The molecule has 0 spiro atoms. The lowest BCUT2D eigenvalue weighted by molar-refractivity contribution is -0.437. The van der Waals surface area contributed by atoms with Gasteiger partial charge in [0.2, 0.25) is 5.69 Å². The molecule has 2 aliphatic heterocycles. The monoisotopic (exact) mass is 875 g/mol. The summed E-state index contributed by atoms with van der Waals surface area (Å²) in [5.41, 5.74) is 13.1. The Bertz CT molecular complexity index is 2470. The fourth-order valence-corrected chi connectivity index (χ4v) is 9.75. The summed E-state index contributed by atoms with van der Waals surface area (Å²) in [6, 6.07) is 10.4. The number of benzene rings is 2. The van der Waals surface area contributed by atoms with Crippen LogP contribution in [-0.2, 0) is 50.7 Å². The third-order valence-electron chi connectivity index (χ3n) is 11.1. The van der Waals surface area contributed by atoms with Crippen LogP contribution >= 0.6 is 0 Å². The molecule has 15 nitrogen and oxygen atoms in total. The minimum atomic E-state index is -4.53. The minimum Gasteiger partial charge on any atom is -0.444 e. The standard InChI is InChI=1S/C41H54N4O11S3/c1-28-11-15-34-32(25-28)40(2,3)36(44(34)21-7-23-57(47,48)49)17-12-29-9-6-10-30(39(29)43-38(19-20-42)56-27-46)13-18-37-41(4,5)33-26-31(59(53,54)55)14-16-35(33)45(37)22-8-24-58(50,51)52/h11-18,25-27,38H,6-10,19-24,42H2,1-5H3,(H3,47,48,49,50,51,52,53,54,55)/p+1/b29-12+,36-17-.